The van der Waals surface area contributed by atoms with E-state index >= 15 is 0 Å². The number of amides is 1. The largest absolute Gasteiger partial charge is 0.355 e. The van der Waals surface area contributed by atoms with Crippen LogP contribution in [0.3, 0.4) is 0 Å². The molecule has 3 heteroatoms. The fourth-order valence-corrected chi connectivity index (χ4v) is 3.35. The zero-order valence-corrected chi connectivity index (χ0v) is 13.1. The minimum Gasteiger partial charge on any atom is -0.355 e. The minimum absolute atomic E-state index is 0.238. The van der Waals surface area contributed by atoms with E-state index in [-0.39, 0.29) is 11.3 Å². The lowest BCUT2D eigenvalue weighted by atomic mass is 9.71. The van der Waals surface area contributed by atoms with Crippen LogP contribution in [-0.2, 0) is 10.2 Å². The average Bonchev–Trinajstić information content (AvgIpc) is 3.30. The van der Waals surface area contributed by atoms with E-state index in [4.69, 9.17) is 0 Å². The second-order valence-electron chi connectivity index (χ2n) is 7.08. The third-order valence-electron chi connectivity index (χ3n) is 4.89. The molecule has 1 unspecified atom stereocenters. The van der Waals surface area contributed by atoms with Crippen molar-refractivity contribution in [3.8, 4) is 0 Å². The summed E-state index contributed by atoms with van der Waals surface area (Å²) < 4.78 is 0. The molecule has 1 aromatic carbocycles. The monoisotopic (exact) mass is 286 g/mol. The van der Waals surface area contributed by atoms with Gasteiger partial charge in [-0.3, -0.25) is 4.79 Å². The summed E-state index contributed by atoms with van der Waals surface area (Å²) in [7, 11) is 0. The molecule has 0 bridgehead atoms. The standard InChI is InChI=1S/C18H26N2O/c1-18(2)10-9-16(14-5-3-4-6-15(14)18)19-11-12-20-17(21)13-7-8-13/h3-6,13,16,19H,7-12H2,1-2H3,(H,20,21). The molecule has 2 aliphatic carbocycles. The molecule has 0 spiro atoms. The summed E-state index contributed by atoms with van der Waals surface area (Å²) in [5.74, 6) is 0.545. The first-order valence-electron chi connectivity index (χ1n) is 8.18. The van der Waals surface area contributed by atoms with Gasteiger partial charge in [0.2, 0.25) is 5.91 Å². The Labute approximate surface area is 127 Å². The zero-order valence-electron chi connectivity index (χ0n) is 13.1. The molecular formula is C18H26N2O. The van der Waals surface area contributed by atoms with Crippen LogP contribution >= 0.6 is 0 Å². The maximum Gasteiger partial charge on any atom is 0.223 e. The van der Waals surface area contributed by atoms with Crippen molar-refractivity contribution in [2.45, 2.75) is 51.0 Å². The van der Waals surface area contributed by atoms with Crippen LogP contribution in [-0.4, -0.2) is 19.0 Å². The van der Waals surface area contributed by atoms with Gasteiger partial charge in [0.05, 0.1) is 0 Å². The molecule has 0 heterocycles. The number of carbonyl (C=O) groups is 1. The summed E-state index contributed by atoms with van der Waals surface area (Å²) in [6.45, 7) is 6.24. The SMILES string of the molecule is CC1(C)CCC(NCCNC(=O)C2CC2)c2ccccc21. The van der Waals surface area contributed by atoms with Crippen LogP contribution in [0.4, 0.5) is 0 Å². The number of benzene rings is 1. The van der Waals surface area contributed by atoms with E-state index in [0.29, 0.717) is 12.0 Å². The molecule has 114 valence electrons. The van der Waals surface area contributed by atoms with E-state index in [0.717, 1.165) is 25.9 Å². The van der Waals surface area contributed by atoms with Crippen LogP contribution in [0.1, 0.15) is 56.7 Å². The molecule has 0 aliphatic heterocycles. The van der Waals surface area contributed by atoms with Gasteiger partial charge in [0.1, 0.15) is 0 Å². The van der Waals surface area contributed by atoms with Crippen LogP contribution in [0.15, 0.2) is 24.3 Å². The van der Waals surface area contributed by atoms with Gasteiger partial charge in [0, 0.05) is 25.0 Å². The topological polar surface area (TPSA) is 41.1 Å². The normalized spacial score (nSPS) is 23.4. The molecular weight excluding hydrogens is 260 g/mol. The van der Waals surface area contributed by atoms with Gasteiger partial charge in [-0.15, -0.1) is 0 Å². The summed E-state index contributed by atoms with van der Waals surface area (Å²) in [5, 5.41) is 6.64. The van der Waals surface area contributed by atoms with Crippen molar-refractivity contribution in [3.05, 3.63) is 35.4 Å². The summed E-state index contributed by atoms with van der Waals surface area (Å²) in [5.41, 5.74) is 3.17. The number of fused-ring (bicyclic) bond motifs is 1. The van der Waals surface area contributed by atoms with Gasteiger partial charge in [-0.05, 0) is 42.2 Å². The van der Waals surface area contributed by atoms with Gasteiger partial charge in [-0.2, -0.15) is 0 Å². The summed E-state index contributed by atoms with van der Waals surface area (Å²) >= 11 is 0. The van der Waals surface area contributed by atoms with Gasteiger partial charge < -0.3 is 10.6 Å². The Kier molecular flexibility index (Phi) is 4.03. The molecule has 21 heavy (non-hydrogen) atoms. The molecule has 1 atom stereocenters. The van der Waals surface area contributed by atoms with Crippen molar-refractivity contribution in [3.63, 3.8) is 0 Å². The van der Waals surface area contributed by atoms with Gasteiger partial charge in [0.25, 0.3) is 0 Å². The molecule has 1 saturated carbocycles. The Morgan fingerprint density at radius 3 is 2.71 bits per heavy atom. The quantitative estimate of drug-likeness (QED) is 0.817. The number of hydrogen-bond donors (Lipinski definition) is 2. The Morgan fingerprint density at radius 1 is 1.19 bits per heavy atom. The zero-order chi connectivity index (χ0) is 14.9. The summed E-state index contributed by atoms with van der Waals surface area (Å²) in [6, 6.07) is 9.20. The van der Waals surface area contributed by atoms with Gasteiger partial charge >= 0.3 is 0 Å². The Hall–Kier alpha value is -1.35. The highest BCUT2D eigenvalue weighted by molar-refractivity contribution is 5.80. The summed E-state index contributed by atoms with van der Waals surface area (Å²) in [4.78, 5) is 11.6. The molecule has 3 nitrogen and oxygen atoms in total. The molecule has 1 amide bonds. The minimum atomic E-state index is 0.238. The second-order valence-corrected chi connectivity index (χ2v) is 7.08. The van der Waals surface area contributed by atoms with Crippen molar-refractivity contribution < 1.29 is 4.79 Å². The van der Waals surface area contributed by atoms with Crippen LogP contribution in [0.2, 0.25) is 0 Å². The lowest BCUT2D eigenvalue weighted by Crippen LogP contribution is -2.37. The van der Waals surface area contributed by atoms with E-state index in [1.54, 1.807) is 0 Å². The highest BCUT2D eigenvalue weighted by Gasteiger charge is 2.32. The fraction of sp³-hybridized carbons (Fsp3) is 0.611. The van der Waals surface area contributed by atoms with Crippen LogP contribution < -0.4 is 10.6 Å². The highest BCUT2D eigenvalue weighted by Crippen LogP contribution is 2.41. The molecule has 0 aromatic heterocycles. The smallest absolute Gasteiger partial charge is 0.223 e. The maximum atomic E-state index is 11.6. The summed E-state index contributed by atoms with van der Waals surface area (Å²) in [6.07, 6.45) is 4.52. The van der Waals surface area contributed by atoms with E-state index < -0.39 is 0 Å². The van der Waals surface area contributed by atoms with Crippen LogP contribution in [0.25, 0.3) is 0 Å². The van der Waals surface area contributed by atoms with Crippen LogP contribution in [0, 0.1) is 5.92 Å². The molecule has 3 rings (SSSR count). The molecule has 0 radical (unpaired) electrons. The van der Waals surface area contributed by atoms with Crippen molar-refractivity contribution in [2.24, 2.45) is 5.92 Å². The molecule has 1 aromatic rings. The predicted molar refractivity (Wildman–Crippen MR) is 85.2 cm³/mol. The second kappa shape index (κ2) is 5.80. The van der Waals surface area contributed by atoms with Crippen molar-refractivity contribution in [1.29, 1.82) is 0 Å². The average molecular weight is 286 g/mol. The van der Waals surface area contributed by atoms with Gasteiger partial charge in [-0.25, -0.2) is 0 Å². The Balaban J connectivity index is 1.55. The molecule has 0 saturated heterocycles. The van der Waals surface area contributed by atoms with Gasteiger partial charge in [-0.1, -0.05) is 38.1 Å². The predicted octanol–water partition coefficient (Wildman–Crippen LogP) is 2.91. The first kappa shape index (κ1) is 14.6. The Morgan fingerprint density at radius 2 is 1.95 bits per heavy atom. The number of hydrogen-bond acceptors (Lipinski definition) is 2. The number of nitrogens with one attached hydrogen (secondary N) is 2. The lowest BCUT2D eigenvalue weighted by Gasteiger charge is -2.37. The Bertz CT molecular complexity index is 520. The first-order chi connectivity index (χ1) is 10.1. The third-order valence-corrected chi connectivity index (χ3v) is 4.89. The number of carbonyl (C=O) groups excluding carboxylic acids is 1. The fourth-order valence-electron chi connectivity index (χ4n) is 3.35. The number of rotatable bonds is 5. The van der Waals surface area contributed by atoms with Crippen molar-refractivity contribution in [1.82, 2.24) is 10.6 Å². The molecule has 2 aliphatic rings. The first-order valence-corrected chi connectivity index (χ1v) is 8.18. The van der Waals surface area contributed by atoms with Crippen molar-refractivity contribution >= 4 is 5.91 Å². The van der Waals surface area contributed by atoms with Crippen molar-refractivity contribution in [2.75, 3.05) is 13.1 Å². The lowest BCUT2D eigenvalue weighted by molar-refractivity contribution is -0.122. The van der Waals surface area contributed by atoms with Gasteiger partial charge in [0.15, 0.2) is 0 Å². The van der Waals surface area contributed by atoms with E-state index in [1.165, 1.54) is 24.0 Å². The van der Waals surface area contributed by atoms with E-state index in [9.17, 15) is 4.79 Å². The highest BCUT2D eigenvalue weighted by atomic mass is 16.2. The van der Waals surface area contributed by atoms with E-state index in [1.807, 2.05) is 0 Å². The van der Waals surface area contributed by atoms with E-state index in [2.05, 4.69) is 48.7 Å². The third kappa shape index (κ3) is 3.29. The molecule has 2 N–H and O–H groups in total. The van der Waals surface area contributed by atoms with Crippen LogP contribution in [0.5, 0.6) is 0 Å². The molecule has 1 fully saturated rings. The maximum absolute atomic E-state index is 11.6.